The van der Waals surface area contributed by atoms with E-state index in [0.717, 1.165) is 7.11 Å². The molecule has 0 aliphatic heterocycles. The molecule has 0 radical (unpaired) electrons. The van der Waals surface area contributed by atoms with E-state index in [1.165, 1.54) is 0 Å². The third-order valence-corrected chi connectivity index (χ3v) is 1.88. The number of aromatic nitrogens is 1. The number of hydrogen-bond donors (Lipinski definition) is 1. The Balaban J connectivity index is 3.33. The van der Waals surface area contributed by atoms with E-state index in [4.69, 9.17) is 5.73 Å². The van der Waals surface area contributed by atoms with Crippen molar-refractivity contribution in [1.82, 2.24) is 4.98 Å². The summed E-state index contributed by atoms with van der Waals surface area (Å²) < 4.78 is 57.0. The maximum Gasteiger partial charge on any atom is 0.574 e. The van der Waals surface area contributed by atoms with Gasteiger partial charge in [-0.1, -0.05) is 0 Å². The number of rotatable bonds is 3. The third kappa shape index (κ3) is 3.29. The molecule has 0 saturated carbocycles. The van der Waals surface area contributed by atoms with Gasteiger partial charge in [0.25, 0.3) is 0 Å². The van der Waals surface area contributed by atoms with Gasteiger partial charge in [0.2, 0.25) is 11.8 Å². The highest BCUT2D eigenvalue weighted by Gasteiger charge is 2.34. The van der Waals surface area contributed by atoms with Crippen molar-refractivity contribution in [2.45, 2.75) is 12.9 Å². The van der Waals surface area contributed by atoms with Gasteiger partial charge >= 0.3 is 12.3 Å². The smallest absolute Gasteiger partial charge is 0.465 e. The quantitative estimate of drug-likeness (QED) is 0.509. The average molecular weight is 268 g/mol. The van der Waals surface area contributed by atoms with Crippen molar-refractivity contribution in [3.05, 3.63) is 23.1 Å². The molecule has 2 N–H and O–H groups in total. The van der Waals surface area contributed by atoms with Crippen LogP contribution < -0.4 is 10.5 Å². The molecule has 0 unspecified atom stereocenters. The van der Waals surface area contributed by atoms with Crippen molar-refractivity contribution in [2.75, 3.05) is 7.11 Å². The summed E-state index contributed by atoms with van der Waals surface area (Å²) in [6.07, 6.45) is -5.07. The molecule has 1 aromatic rings. The molecule has 0 aliphatic carbocycles. The van der Waals surface area contributed by atoms with E-state index in [-0.39, 0.29) is 5.56 Å². The fraction of sp³-hybridized carbons (Fsp3) is 0.333. The molecule has 0 fully saturated rings. The van der Waals surface area contributed by atoms with E-state index >= 15 is 0 Å². The van der Waals surface area contributed by atoms with Gasteiger partial charge in [-0.3, -0.25) is 0 Å². The Morgan fingerprint density at radius 1 is 1.50 bits per heavy atom. The molecule has 0 atom stereocenters. The molecule has 0 saturated heterocycles. The molecular weight excluding hydrogens is 260 g/mol. The Morgan fingerprint density at radius 3 is 2.56 bits per heavy atom. The van der Waals surface area contributed by atoms with Crippen LogP contribution in [-0.4, -0.2) is 24.4 Å². The van der Waals surface area contributed by atoms with Crippen LogP contribution in [0.2, 0.25) is 0 Å². The lowest BCUT2D eigenvalue weighted by atomic mass is 10.1. The first-order valence-electron chi connectivity index (χ1n) is 4.52. The van der Waals surface area contributed by atoms with Crippen LogP contribution in [0.25, 0.3) is 0 Å². The zero-order chi connectivity index (χ0) is 13.9. The molecule has 9 heteroatoms. The zero-order valence-electron chi connectivity index (χ0n) is 9.05. The second-order valence-electron chi connectivity index (χ2n) is 3.02. The molecule has 18 heavy (non-hydrogen) atoms. The fourth-order valence-electron chi connectivity index (χ4n) is 1.20. The Morgan fingerprint density at radius 2 is 2.11 bits per heavy atom. The summed E-state index contributed by atoms with van der Waals surface area (Å²) in [4.78, 5) is 14.2. The van der Waals surface area contributed by atoms with Gasteiger partial charge in [0.05, 0.1) is 12.7 Å². The topological polar surface area (TPSA) is 74.4 Å². The highest BCUT2D eigenvalue weighted by Crippen LogP contribution is 2.27. The third-order valence-electron chi connectivity index (χ3n) is 1.88. The molecule has 1 aromatic heterocycles. The van der Waals surface area contributed by atoms with Crippen molar-refractivity contribution in [3.8, 4) is 5.88 Å². The summed E-state index contributed by atoms with van der Waals surface area (Å²) >= 11 is 0. The average Bonchev–Trinajstić information content (AvgIpc) is 2.25. The van der Waals surface area contributed by atoms with Gasteiger partial charge in [0.1, 0.15) is 0 Å². The van der Waals surface area contributed by atoms with E-state index in [9.17, 15) is 22.4 Å². The number of halogens is 4. The molecule has 100 valence electrons. The molecular formula is C9H8F4N2O3. The van der Waals surface area contributed by atoms with Crippen LogP contribution in [0.3, 0.4) is 0 Å². The van der Waals surface area contributed by atoms with E-state index in [2.05, 4.69) is 14.5 Å². The number of nitrogens with two attached hydrogens (primary N) is 1. The van der Waals surface area contributed by atoms with Gasteiger partial charge in [-0.05, 0) is 0 Å². The number of ether oxygens (including phenoxy) is 2. The lowest BCUT2D eigenvalue weighted by molar-refractivity contribution is -0.276. The number of methoxy groups -OCH3 is 1. The first-order valence-corrected chi connectivity index (χ1v) is 4.52. The number of carbonyl (C=O) groups is 1. The minimum absolute atomic E-state index is 0.388. The lowest BCUT2D eigenvalue weighted by Gasteiger charge is -2.13. The Labute approximate surface area is 98.5 Å². The number of esters is 1. The van der Waals surface area contributed by atoms with Gasteiger partial charge in [-0.2, -0.15) is 9.37 Å². The molecule has 1 heterocycles. The summed E-state index contributed by atoms with van der Waals surface area (Å²) in [5.74, 6) is -3.46. The number of hydrogen-bond acceptors (Lipinski definition) is 5. The lowest BCUT2D eigenvalue weighted by Crippen LogP contribution is -2.22. The van der Waals surface area contributed by atoms with Crippen LogP contribution in [-0.2, 0) is 11.3 Å². The van der Waals surface area contributed by atoms with E-state index < -0.39 is 36.3 Å². The van der Waals surface area contributed by atoms with Crippen LogP contribution in [0.5, 0.6) is 5.88 Å². The molecule has 5 nitrogen and oxygen atoms in total. The SMILES string of the molecule is COC(=O)c1cc(F)nc(OC(F)(F)F)c1CN. The van der Waals surface area contributed by atoms with Crippen LogP contribution in [0, 0.1) is 5.95 Å². The second kappa shape index (κ2) is 5.17. The minimum atomic E-state index is -5.07. The number of nitrogens with zero attached hydrogens (tertiary/aromatic N) is 1. The fourth-order valence-corrected chi connectivity index (χ4v) is 1.20. The van der Waals surface area contributed by atoms with Gasteiger partial charge in [0, 0.05) is 18.2 Å². The van der Waals surface area contributed by atoms with Gasteiger partial charge in [-0.25, -0.2) is 4.79 Å². The summed E-state index contributed by atoms with van der Waals surface area (Å²) in [6, 6.07) is 0.622. The van der Waals surface area contributed by atoms with Crippen molar-refractivity contribution < 1.29 is 31.8 Å². The second-order valence-corrected chi connectivity index (χ2v) is 3.02. The van der Waals surface area contributed by atoms with Crippen LogP contribution >= 0.6 is 0 Å². The molecule has 0 aromatic carbocycles. The molecule has 0 spiro atoms. The zero-order valence-corrected chi connectivity index (χ0v) is 9.05. The highest BCUT2D eigenvalue weighted by molar-refractivity contribution is 5.91. The van der Waals surface area contributed by atoms with Crippen LogP contribution in [0.4, 0.5) is 17.6 Å². The first kappa shape index (κ1) is 14.2. The molecule has 0 aliphatic rings. The van der Waals surface area contributed by atoms with Gasteiger partial charge in [0.15, 0.2) is 0 Å². The summed E-state index contributed by atoms with van der Waals surface area (Å²) in [7, 11) is 0.991. The molecule has 0 amide bonds. The standard InChI is InChI=1S/C9H8F4N2O3/c1-17-8(16)4-2-6(10)15-7(5(4)3-14)18-9(11,12)13/h2H,3,14H2,1H3. The molecule has 1 rings (SSSR count). The van der Waals surface area contributed by atoms with Crippen molar-refractivity contribution in [1.29, 1.82) is 0 Å². The normalized spacial score (nSPS) is 11.2. The Hall–Kier alpha value is -1.90. The van der Waals surface area contributed by atoms with E-state index in [1.807, 2.05) is 0 Å². The maximum atomic E-state index is 13.0. The number of alkyl halides is 3. The maximum absolute atomic E-state index is 13.0. The van der Waals surface area contributed by atoms with Crippen LogP contribution in [0.1, 0.15) is 15.9 Å². The first-order chi connectivity index (χ1) is 8.28. The van der Waals surface area contributed by atoms with Crippen molar-refractivity contribution in [2.24, 2.45) is 5.73 Å². The van der Waals surface area contributed by atoms with Gasteiger partial charge < -0.3 is 15.2 Å². The van der Waals surface area contributed by atoms with Crippen LogP contribution in [0.15, 0.2) is 6.07 Å². The summed E-state index contributed by atoms with van der Waals surface area (Å²) in [5, 5.41) is 0. The van der Waals surface area contributed by atoms with E-state index in [1.54, 1.807) is 0 Å². The number of carbonyl (C=O) groups excluding carboxylic acids is 1. The highest BCUT2D eigenvalue weighted by atomic mass is 19.4. The van der Waals surface area contributed by atoms with Crippen molar-refractivity contribution in [3.63, 3.8) is 0 Å². The minimum Gasteiger partial charge on any atom is -0.465 e. The summed E-state index contributed by atoms with van der Waals surface area (Å²) in [5.41, 5.74) is 4.34. The van der Waals surface area contributed by atoms with E-state index in [0.29, 0.717) is 6.07 Å². The predicted molar refractivity (Wildman–Crippen MR) is 50.1 cm³/mol. The Kier molecular flexibility index (Phi) is 4.07. The largest absolute Gasteiger partial charge is 0.574 e. The predicted octanol–water partition coefficient (Wildman–Crippen LogP) is 1.36. The number of pyridine rings is 1. The monoisotopic (exact) mass is 268 g/mol. The van der Waals surface area contributed by atoms with Crippen molar-refractivity contribution >= 4 is 5.97 Å². The molecule has 0 bridgehead atoms. The Bertz CT molecular complexity index is 462. The summed E-state index contributed by atoms with van der Waals surface area (Å²) in [6.45, 7) is -0.497. The van der Waals surface area contributed by atoms with Gasteiger partial charge in [-0.15, -0.1) is 13.2 Å².